The van der Waals surface area contributed by atoms with E-state index in [1.807, 2.05) is 0 Å². The van der Waals surface area contributed by atoms with Crippen molar-refractivity contribution in [3.05, 3.63) is 35.4 Å². The first-order valence-corrected chi connectivity index (χ1v) is 7.31. The van der Waals surface area contributed by atoms with Gasteiger partial charge in [-0.05, 0) is 31.5 Å². The van der Waals surface area contributed by atoms with Crippen LogP contribution in [0, 0.1) is 5.92 Å². The van der Waals surface area contributed by atoms with Gasteiger partial charge in [0.1, 0.15) is 0 Å². The summed E-state index contributed by atoms with van der Waals surface area (Å²) in [7, 11) is 0. The van der Waals surface area contributed by atoms with E-state index in [1.54, 1.807) is 13.8 Å². The van der Waals surface area contributed by atoms with Crippen molar-refractivity contribution in [2.24, 2.45) is 5.92 Å². The second-order valence-electron chi connectivity index (χ2n) is 6.27. The molecule has 1 aromatic rings. The molecule has 130 valence electrons. The van der Waals surface area contributed by atoms with Crippen LogP contribution in [-0.4, -0.2) is 17.7 Å². The standard InChI is InChI=1S/C16H17F3N2O3/c1-15(2,10-4-3-5-11(8-10)16(17,18)19)21-13(23)7-9-6-12(22)20-14(9)24/h3-5,8-9H,6-7H2,1-2H3,(H,21,23)(H,20,22,24). The Morgan fingerprint density at radius 3 is 2.42 bits per heavy atom. The molecule has 0 bridgehead atoms. The van der Waals surface area contributed by atoms with E-state index in [0.717, 1.165) is 12.1 Å². The number of benzene rings is 1. The van der Waals surface area contributed by atoms with Gasteiger partial charge in [-0.1, -0.05) is 12.1 Å². The monoisotopic (exact) mass is 342 g/mol. The Labute approximate surface area is 136 Å². The number of carbonyl (C=O) groups is 3. The van der Waals surface area contributed by atoms with Gasteiger partial charge in [0.2, 0.25) is 17.7 Å². The zero-order valence-corrected chi connectivity index (χ0v) is 13.2. The van der Waals surface area contributed by atoms with Gasteiger partial charge in [-0.2, -0.15) is 13.2 Å². The quantitative estimate of drug-likeness (QED) is 0.823. The molecule has 1 saturated heterocycles. The van der Waals surface area contributed by atoms with Crippen LogP contribution in [0.4, 0.5) is 13.2 Å². The molecule has 1 unspecified atom stereocenters. The average Bonchev–Trinajstić information content (AvgIpc) is 2.75. The maximum Gasteiger partial charge on any atom is 0.416 e. The number of amides is 3. The van der Waals surface area contributed by atoms with Crippen LogP contribution >= 0.6 is 0 Å². The van der Waals surface area contributed by atoms with Gasteiger partial charge in [-0.25, -0.2) is 0 Å². The number of carbonyl (C=O) groups excluding carboxylic acids is 3. The second-order valence-corrected chi connectivity index (χ2v) is 6.27. The van der Waals surface area contributed by atoms with Gasteiger partial charge in [0, 0.05) is 12.8 Å². The minimum absolute atomic E-state index is 0.0593. The smallest absolute Gasteiger partial charge is 0.347 e. The van der Waals surface area contributed by atoms with Crippen LogP contribution in [0.15, 0.2) is 24.3 Å². The second kappa shape index (κ2) is 6.26. The van der Waals surface area contributed by atoms with Crippen molar-refractivity contribution in [3.8, 4) is 0 Å². The zero-order valence-electron chi connectivity index (χ0n) is 13.2. The molecule has 2 rings (SSSR count). The molecule has 1 aromatic carbocycles. The maximum absolute atomic E-state index is 12.8. The Hall–Kier alpha value is -2.38. The number of nitrogens with one attached hydrogen (secondary N) is 2. The van der Waals surface area contributed by atoms with Crippen molar-refractivity contribution < 1.29 is 27.6 Å². The summed E-state index contributed by atoms with van der Waals surface area (Å²) >= 11 is 0. The molecular formula is C16H17F3N2O3. The Morgan fingerprint density at radius 1 is 1.25 bits per heavy atom. The van der Waals surface area contributed by atoms with Crippen molar-refractivity contribution >= 4 is 17.7 Å². The summed E-state index contributed by atoms with van der Waals surface area (Å²) < 4.78 is 38.4. The molecule has 0 saturated carbocycles. The maximum atomic E-state index is 12.8. The van der Waals surface area contributed by atoms with Crippen molar-refractivity contribution in [1.82, 2.24) is 10.6 Å². The molecule has 1 heterocycles. The normalized spacial score (nSPS) is 18.5. The first kappa shape index (κ1) is 18.0. The third-order valence-electron chi connectivity index (χ3n) is 3.86. The van der Waals surface area contributed by atoms with Crippen LogP contribution in [0.2, 0.25) is 0 Å². The molecule has 1 fully saturated rings. The number of hydrogen-bond donors (Lipinski definition) is 2. The summed E-state index contributed by atoms with van der Waals surface area (Å²) in [6, 6.07) is 4.69. The minimum atomic E-state index is -4.47. The van der Waals surface area contributed by atoms with Gasteiger partial charge < -0.3 is 5.32 Å². The largest absolute Gasteiger partial charge is 0.416 e. The van der Waals surface area contributed by atoms with Crippen molar-refractivity contribution in [2.75, 3.05) is 0 Å². The first-order chi connectivity index (χ1) is 11.0. The van der Waals surface area contributed by atoms with Crippen LogP contribution < -0.4 is 10.6 Å². The Morgan fingerprint density at radius 2 is 1.88 bits per heavy atom. The number of imide groups is 1. The lowest BCUT2D eigenvalue weighted by atomic mass is 9.92. The molecule has 0 spiro atoms. The topological polar surface area (TPSA) is 75.3 Å². The summed E-state index contributed by atoms with van der Waals surface area (Å²) in [5, 5.41) is 4.72. The summed E-state index contributed by atoms with van der Waals surface area (Å²) in [5.74, 6) is -2.19. The molecule has 8 heteroatoms. The molecule has 0 aliphatic carbocycles. The van der Waals surface area contributed by atoms with Crippen molar-refractivity contribution in [1.29, 1.82) is 0 Å². The van der Waals surface area contributed by atoms with Crippen LogP contribution in [0.1, 0.15) is 37.8 Å². The summed E-state index contributed by atoms with van der Waals surface area (Å²) in [6.45, 7) is 3.14. The van der Waals surface area contributed by atoms with Gasteiger partial charge in [0.25, 0.3) is 0 Å². The number of rotatable bonds is 4. The lowest BCUT2D eigenvalue weighted by molar-refractivity contribution is -0.137. The van der Waals surface area contributed by atoms with Gasteiger partial charge >= 0.3 is 6.18 Å². The number of alkyl halides is 3. The van der Waals surface area contributed by atoms with E-state index in [-0.39, 0.29) is 18.4 Å². The fourth-order valence-corrected chi connectivity index (χ4v) is 2.55. The van der Waals surface area contributed by atoms with Crippen molar-refractivity contribution in [3.63, 3.8) is 0 Å². The van der Waals surface area contributed by atoms with E-state index in [0.29, 0.717) is 0 Å². The van der Waals surface area contributed by atoms with Crippen LogP contribution in [-0.2, 0) is 26.1 Å². The molecule has 0 aromatic heterocycles. The Kier molecular flexibility index (Phi) is 4.68. The Balaban J connectivity index is 2.09. The van der Waals surface area contributed by atoms with E-state index in [1.165, 1.54) is 12.1 Å². The number of halogens is 3. The van der Waals surface area contributed by atoms with Gasteiger partial charge in [0.15, 0.2) is 0 Å². The molecule has 5 nitrogen and oxygen atoms in total. The van der Waals surface area contributed by atoms with Crippen molar-refractivity contribution in [2.45, 2.75) is 38.4 Å². The van der Waals surface area contributed by atoms with Gasteiger partial charge in [0.05, 0.1) is 17.0 Å². The molecule has 0 radical (unpaired) electrons. The average molecular weight is 342 g/mol. The third-order valence-corrected chi connectivity index (χ3v) is 3.86. The van der Waals surface area contributed by atoms with E-state index < -0.39 is 40.9 Å². The lowest BCUT2D eigenvalue weighted by Crippen LogP contribution is -2.42. The van der Waals surface area contributed by atoms with Crippen LogP contribution in [0.5, 0.6) is 0 Å². The summed E-state index contributed by atoms with van der Waals surface area (Å²) in [5.41, 5.74) is -1.57. The SMILES string of the molecule is CC(C)(NC(=O)CC1CC(=O)NC1=O)c1cccc(C(F)(F)F)c1. The highest BCUT2D eigenvalue weighted by atomic mass is 19.4. The summed E-state index contributed by atoms with van der Waals surface area (Å²) in [4.78, 5) is 34.7. The van der Waals surface area contributed by atoms with E-state index >= 15 is 0 Å². The zero-order chi connectivity index (χ0) is 18.1. The highest BCUT2D eigenvalue weighted by molar-refractivity contribution is 6.04. The number of hydrogen-bond acceptors (Lipinski definition) is 3. The molecule has 1 atom stereocenters. The third kappa shape index (κ3) is 4.12. The molecule has 1 aliphatic heterocycles. The van der Waals surface area contributed by atoms with Gasteiger partial charge in [-0.3, -0.25) is 19.7 Å². The fraction of sp³-hybridized carbons (Fsp3) is 0.438. The molecule has 24 heavy (non-hydrogen) atoms. The van der Waals surface area contributed by atoms with E-state index in [9.17, 15) is 27.6 Å². The first-order valence-electron chi connectivity index (χ1n) is 7.31. The minimum Gasteiger partial charge on any atom is -0.347 e. The molecule has 1 aliphatic rings. The predicted molar refractivity (Wildman–Crippen MR) is 78.5 cm³/mol. The summed E-state index contributed by atoms with van der Waals surface area (Å²) in [6.07, 6.45) is -4.73. The molecule has 2 N–H and O–H groups in total. The lowest BCUT2D eigenvalue weighted by Gasteiger charge is -2.28. The van der Waals surface area contributed by atoms with Crippen LogP contribution in [0.25, 0.3) is 0 Å². The van der Waals surface area contributed by atoms with Gasteiger partial charge in [-0.15, -0.1) is 0 Å². The fourth-order valence-electron chi connectivity index (χ4n) is 2.55. The highest BCUT2D eigenvalue weighted by Gasteiger charge is 2.35. The van der Waals surface area contributed by atoms with Crippen LogP contribution in [0.3, 0.4) is 0 Å². The Bertz CT molecular complexity index is 683. The highest BCUT2D eigenvalue weighted by Crippen LogP contribution is 2.32. The van der Waals surface area contributed by atoms with E-state index in [2.05, 4.69) is 10.6 Å². The predicted octanol–water partition coefficient (Wildman–Crippen LogP) is 2.11. The molecule has 3 amide bonds. The van der Waals surface area contributed by atoms with E-state index in [4.69, 9.17) is 0 Å². The molecular weight excluding hydrogens is 325 g/mol.